The highest BCUT2D eigenvalue weighted by Gasteiger charge is 2.15. The van der Waals surface area contributed by atoms with Gasteiger partial charge in [0.1, 0.15) is 11.5 Å². The van der Waals surface area contributed by atoms with Crippen LogP contribution < -0.4 is 19.5 Å². The molecule has 10 heteroatoms. The molecule has 0 atom stereocenters. The van der Waals surface area contributed by atoms with Crippen molar-refractivity contribution in [3.8, 4) is 11.5 Å². The third kappa shape index (κ3) is 6.72. The van der Waals surface area contributed by atoms with Crippen molar-refractivity contribution in [1.29, 1.82) is 0 Å². The van der Waals surface area contributed by atoms with E-state index in [1.807, 2.05) is 6.92 Å². The lowest BCUT2D eigenvalue weighted by atomic mass is 10.2. The first kappa shape index (κ1) is 24.6. The topological polar surface area (TPSA) is 120 Å². The summed E-state index contributed by atoms with van der Waals surface area (Å²) in [5.74, 6) is 0.0893. The molecule has 0 aliphatic rings. The fourth-order valence-electron chi connectivity index (χ4n) is 2.87. The highest BCUT2D eigenvalue weighted by atomic mass is 32.2. The zero-order valence-electron chi connectivity index (χ0n) is 18.6. The molecule has 2 N–H and O–H groups in total. The molecule has 9 nitrogen and oxygen atoms in total. The summed E-state index contributed by atoms with van der Waals surface area (Å²) in [4.78, 5) is 23.6. The second-order valence-electron chi connectivity index (χ2n) is 6.94. The summed E-state index contributed by atoms with van der Waals surface area (Å²) < 4.78 is 43.1. The molecule has 0 aliphatic heterocycles. The van der Waals surface area contributed by atoms with Gasteiger partial charge in [0, 0.05) is 11.4 Å². The van der Waals surface area contributed by atoms with Crippen molar-refractivity contribution in [3.05, 3.63) is 78.4 Å². The standard InChI is InChI=1S/C24H24N2O7S/c1-3-32-20-10-8-19(9-11-20)26-34(29,30)22-14-12-21(13-15-22)33-16-23(27)25-18-6-4-17(5-7-18)24(28)31-2/h4-15,26H,3,16H2,1-2H3,(H,25,27). The quantitative estimate of drug-likeness (QED) is 0.421. The van der Waals surface area contributed by atoms with Crippen LogP contribution in [-0.2, 0) is 19.6 Å². The minimum Gasteiger partial charge on any atom is -0.494 e. The first-order valence-corrected chi connectivity index (χ1v) is 11.8. The second-order valence-corrected chi connectivity index (χ2v) is 8.62. The second kappa shape index (κ2) is 11.2. The van der Waals surface area contributed by atoms with E-state index in [-0.39, 0.29) is 11.5 Å². The van der Waals surface area contributed by atoms with Crippen molar-refractivity contribution >= 4 is 33.3 Å². The number of esters is 1. The summed E-state index contributed by atoms with van der Waals surface area (Å²) >= 11 is 0. The van der Waals surface area contributed by atoms with Crippen molar-refractivity contribution in [1.82, 2.24) is 0 Å². The van der Waals surface area contributed by atoms with Gasteiger partial charge < -0.3 is 19.5 Å². The summed E-state index contributed by atoms with van der Waals surface area (Å²) in [6.07, 6.45) is 0. The average molecular weight is 485 g/mol. The molecule has 0 aromatic heterocycles. The molecule has 0 bridgehead atoms. The van der Waals surface area contributed by atoms with Crippen molar-refractivity contribution in [2.24, 2.45) is 0 Å². The highest BCUT2D eigenvalue weighted by Crippen LogP contribution is 2.21. The Morgan fingerprint density at radius 2 is 1.35 bits per heavy atom. The molecule has 0 saturated carbocycles. The van der Waals surface area contributed by atoms with E-state index in [0.717, 1.165) is 0 Å². The molecule has 0 unspecified atom stereocenters. The predicted octanol–water partition coefficient (Wildman–Crippen LogP) is 3.69. The predicted molar refractivity (Wildman–Crippen MR) is 127 cm³/mol. The number of amides is 1. The molecule has 178 valence electrons. The zero-order valence-corrected chi connectivity index (χ0v) is 19.4. The number of hydrogen-bond donors (Lipinski definition) is 2. The van der Waals surface area contributed by atoms with E-state index in [0.29, 0.717) is 35.0 Å². The van der Waals surface area contributed by atoms with Crippen LogP contribution in [0.3, 0.4) is 0 Å². The van der Waals surface area contributed by atoms with Gasteiger partial charge in [-0.15, -0.1) is 0 Å². The van der Waals surface area contributed by atoms with Crippen molar-refractivity contribution in [3.63, 3.8) is 0 Å². The Hall–Kier alpha value is -4.05. The molecule has 3 aromatic rings. The summed E-state index contributed by atoms with van der Waals surface area (Å²) in [6, 6.07) is 18.5. The van der Waals surface area contributed by atoms with E-state index in [4.69, 9.17) is 9.47 Å². The van der Waals surface area contributed by atoms with Gasteiger partial charge in [0.05, 0.1) is 24.2 Å². The summed E-state index contributed by atoms with van der Waals surface area (Å²) in [7, 11) is -2.51. The van der Waals surface area contributed by atoms with E-state index in [1.165, 1.54) is 43.5 Å². The molecule has 0 fully saturated rings. The van der Waals surface area contributed by atoms with Crippen LogP contribution in [0.5, 0.6) is 11.5 Å². The van der Waals surface area contributed by atoms with Crippen LogP contribution in [-0.4, -0.2) is 40.6 Å². The molecule has 1 amide bonds. The van der Waals surface area contributed by atoms with Crippen LogP contribution in [0.15, 0.2) is 77.7 Å². The SMILES string of the molecule is CCOc1ccc(NS(=O)(=O)c2ccc(OCC(=O)Nc3ccc(C(=O)OC)cc3)cc2)cc1. The van der Waals surface area contributed by atoms with Gasteiger partial charge in [-0.25, -0.2) is 13.2 Å². The van der Waals surface area contributed by atoms with Gasteiger partial charge in [0.15, 0.2) is 6.61 Å². The molecule has 0 heterocycles. The fraction of sp³-hybridized carbons (Fsp3) is 0.167. The number of anilines is 2. The molecular formula is C24H24N2O7S. The lowest BCUT2D eigenvalue weighted by Crippen LogP contribution is -2.20. The Kier molecular flexibility index (Phi) is 8.10. The van der Waals surface area contributed by atoms with Gasteiger partial charge in [-0.3, -0.25) is 9.52 Å². The molecule has 3 aromatic carbocycles. The van der Waals surface area contributed by atoms with Crippen LogP contribution in [0, 0.1) is 0 Å². The van der Waals surface area contributed by atoms with E-state index in [2.05, 4.69) is 14.8 Å². The Morgan fingerprint density at radius 1 is 0.794 bits per heavy atom. The number of benzene rings is 3. The van der Waals surface area contributed by atoms with E-state index in [1.54, 1.807) is 36.4 Å². The maximum atomic E-state index is 12.6. The number of hydrogen-bond acceptors (Lipinski definition) is 7. The minimum absolute atomic E-state index is 0.0453. The number of nitrogens with one attached hydrogen (secondary N) is 2. The molecule has 0 saturated heterocycles. The van der Waals surface area contributed by atoms with E-state index >= 15 is 0 Å². The Morgan fingerprint density at radius 3 is 1.94 bits per heavy atom. The number of sulfonamides is 1. The monoisotopic (exact) mass is 484 g/mol. The molecule has 0 aliphatic carbocycles. The Bertz CT molecular complexity index is 1220. The third-order valence-corrected chi connectivity index (χ3v) is 5.91. The smallest absolute Gasteiger partial charge is 0.337 e. The van der Waals surface area contributed by atoms with Crippen LogP contribution in [0.25, 0.3) is 0 Å². The van der Waals surface area contributed by atoms with Crippen LogP contribution in [0.4, 0.5) is 11.4 Å². The lowest BCUT2D eigenvalue weighted by Gasteiger charge is -2.11. The molecule has 0 spiro atoms. The maximum absolute atomic E-state index is 12.6. The molecule has 3 rings (SSSR count). The van der Waals surface area contributed by atoms with E-state index < -0.39 is 21.9 Å². The van der Waals surface area contributed by atoms with Gasteiger partial charge in [0.25, 0.3) is 15.9 Å². The average Bonchev–Trinajstić information content (AvgIpc) is 2.84. The first-order chi connectivity index (χ1) is 16.3. The number of carbonyl (C=O) groups is 2. The normalized spacial score (nSPS) is 10.8. The molecule has 0 radical (unpaired) electrons. The largest absolute Gasteiger partial charge is 0.494 e. The summed E-state index contributed by atoms with van der Waals surface area (Å²) in [5, 5.41) is 2.64. The highest BCUT2D eigenvalue weighted by molar-refractivity contribution is 7.92. The van der Waals surface area contributed by atoms with Crippen molar-refractivity contribution in [2.45, 2.75) is 11.8 Å². The first-order valence-electron chi connectivity index (χ1n) is 10.3. The maximum Gasteiger partial charge on any atom is 0.337 e. The van der Waals surface area contributed by atoms with Crippen molar-refractivity contribution < 1.29 is 32.2 Å². The number of rotatable bonds is 10. The van der Waals surface area contributed by atoms with Gasteiger partial charge in [-0.05, 0) is 79.7 Å². The van der Waals surface area contributed by atoms with E-state index in [9.17, 15) is 18.0 Å². The summed E-state index contributed by atoms with van der Waals surface area (Å²) in [5.41, 5.74) is 1.26. The number of ether oxygens (including phenoxy) is 3. The zero-order chi connectivity index (χ0) is 24.6. The van der Waals surface area contributed by atoms with Gasteiger partial charge in [-0.1, -0.05) is 0 Å². The fourth-order valence-corrected chi connectivity index (χ4v) is 3.93. The Balaban J connectivity index is 1.53. The number of carbonyl (C=O) groups excluding carboxylic acids is 2. The lowest BCUT2D eigenvalue weighted by molar-refractivity contribution is -0.118. The number of methoxy groups -OCH3 is 1. The third-order valence-electron chi connectivity index (χ3n) is 4.51. The molecular weight excluding hydrogens is 460 g/mol. The van der Waals surface area contributed by atoms with Gasteiger partial charge in [-0.2, -0.15) is 0 Å². The van der Waals surface area contributed by atoms with Gasteiger partial charge >= 0.3 is 5.97 Å². The van der Waals surface area contributed by atoms with Crippen LogP contribution in [0.2, 0.25) is 0 Å². The van der Waals surface area contributed by atoms with Crippen molar-refractivity contribution in [2.75, 3.05) is 30.4 Å². The van der Waals surface area contributed by atoms with Gasteiger partial charge in [0.2, 0.25) is 0 Å². The van der Waals surface area contributed by atoms with Crippen LogP contribution in [0.1, 0.15) is 17.3 Å². The minimum atomic E-state index is -3.80. The van der Waals surface area contributed by atoms with Crippen LogP contribution >= 0.6 is 0 Å². The summed E-state index contributed by atoms with van der Waals surface area (Å²) in [6.45, 7) is 2.10. The molecule has 34 heavy (non-hydrogen) atoms. The Labute approximate surface area is 197 Å².